The van der Waals surface area contributed by atoms with Crippen LogP contribution in [0.5, 0.6) is 0 Å². The largest absolute Gasteiger partial charge is 0.373 e. The number of nitrogens with zero attached hydrogens (tertiary/aromatic N) is 4. The number of fused-ring (bicyclic) bond motifs is 2. The number of nitrogens with one attached hydrogen (secondary N) is 1. The van der Waals surface area contributed by atoms with Crippen LogP contribution < -0.4 is 20.5 Å². The first-order valence-electron chi connectivity index (χ1n) is 9.15. The Balaban J connectivity index is 1.94. The van der Waals surface area contributed by atoms with Crippen LogP contribution in [0.1, 0.15) is 13.3 Å². The van der Waals surface area contributed by atoms with Crippen molar-refractivity contribution in [3.63, 3.8) is 0 Å². The first-order chi connectivity index (χ1) is 13.7. The molecule has 0 amide bonds. The summed E-state index contributed by atoms with van der Waals surface area (Å²) in [4.78, 5) is 32.2. The fraction of sp³-hybridized carbons (Fsp3) is 0.316. The summed E-state index contributed by atoms with van der Waals surface area (Å²) in [5, 5.41) is 0.0426. The van der Waals surface area contributed by atoms with Crippen LogP contribution in [0.15, 0.2) is 51.0 Å². The van der Waals surface area contributed by atoms with Crippen molar-refractivity contribution in [2.45, 2.75) is 24.3 Å². The lowest BCUT2D eigenvalue weighted by Gasteiger charge is -2.29. The van der Waals surface area contributed by atoms with Gasteiger partial charge in [-0.15, -0.1) is 0 Å². The number of pyridine rings is 1. The molecule has 0 bridgehead atoms. The van der Waals surface area contributed by atoms with Crippen molar-refractivity contribution in [1.29, 1.82) is 0 Å². The number of aryl methyl sites for hydroxylation is 1. The summed E-state index contributed by atoms with van der Waals surface area (Å²) in [5.74, 6) is 0. The molecule has 1 N–H and O–H groups in total. The van der Waals surface area contributed by atoms with Gasteiger partial charge in [-0.3, -0.25) is 18.7 Å². The molecule has 9 nitrogen and oxygen atoms in total. The van der Waals surface area contributed by atoms with Gasteiger partial charge in [0.05, 0.1) is 16.8 Å². The smallest absolute Gasteiger partial charge is 0.329 e. The third-order valence-corrected chi connectivity index (χ3v) is 7.19. The Bertz CT molecular complexity index is 1330. The second-order valence-corrected chi connectivity index (χ2v) is 9.02. The quantitative estimate of drug-likeness (QED) is 0.670. The molecule has 1 atom stereocenters. The summed E-state index contributed by atoms with van der Waals surface area (Å²) in [6.07, 6.45) is 1.83. The van der Waals surface area contributed by atoms with E-state index < -0.39 is 21.3 Å². The van der Waals surface area contributed by atoms with Gasteiger partial charge in [0.25, 0.3) is 15.6 Å². The van der Waals surface area contributed by atoms with Crippen molar-refractivity contribution in [2.24, 2.45) is 7.05 Å². The van der Waals surface area contributed by atoms with Crippen LogP contribution in [0.4, 0.5) is 11.4 Å². The Labute approximate surface area is 167 Å². The lowest BCUT2D eigenvalue weighted by Crippen LogP contribution is -2.38. The molecule has 152 valence electrons. The van der Waals surface area contributed by atoms with Crippen molar-refractivity contribution in [2.75, 3.05) is 22.8 Å². The second kappa shape index (κ2) is 6.73. The zero-order valence-corrected chi connectivity index (χ0v) is 17.1. The van der Waals surface area contributed by atoms with Gasteiger partial charge >= 0.3 is 5.69 Å². The Kier molecular flexibility index (Phi) is 4.45. The van der Waals surface area contributed by atoms with Gasteiger partial charge in [0.1, 0.15) is 10.5 Å². The van der Waals surface area contributed by atoms with Gasteiger partial charge in [0, 0.05) is 32.9 Å². The molecule has 0 aliphatic carbocycles. The number of benzene rings is 1. The monoisotopic (exact) mass is 415 g/mol. The summed E-state index contributed by atoms with van der Waals surface area (Å²) in [7, 11) is -0.606. The predicted molar refractivity (Wildman–Crippen MR) is 111 cm³/mol. The van der Waals surface area contributed by atoms with Crippen LogP contribution in [0.25, 0.3) is 11.0 Å². The SMILES string of the molecule is CC1CCN(C)c2ccccc2N1S(=O)(=O)c1cnc2c(c1)c(=O)[nH]c(=O)n2C. The van der Waals surface area contributed by atoms with Crippen LogP contribution in [0, 0.1) is 0 Å². The molecule has 2 aromatic heterocycles. The number of sulfonamides is 1. The van der Waals surface area contributed by atoms with E-state index in [1.807, 2.05) is 31.0 Å². The van der Waals surface area contributed by atoms with E-state index in [1.165, 1.54) is 28.2 Å². The Hall–Kier alpha value is -3.14. The molecule has 1 unspecified atom stereocenters. The molecule has 3 aromatic rings. The highest BCUT2D eigenvalue weighted by Gasteiger charge is 2.34. The maximum Gasteiger partial charge on any atom is 0.329 e. The molecular weight excluding hydrogens is 394 g/mol. The molecule has 1 aromatic carbocycles. The van der Waals surface area contributed by atoms with Crippen molar-refractivity contribution >= 4 is 32.4 Å². The lowest BCUT2D eigenvalue weighted by molar-refractivity contribution is 0.574. The van der Waals surface area contributed by atoms with Gasteiger partial charge in [0.2, 0.25) is 0 Å². The second-order valence-electron chi connectivity index (χ2n) is 7.21. The van der Waals surface area contributed by atoms with Gasteiger partial charge in [0.15, 0.2) is 0 Å². The summed E-state index contributed by atoms with van der Waals surface area (Å²) >= 11 is 0. The Morgan fingerprint density at radius 1 is 1.14 bits per heavy atom. The fourth-order valence-corrected chi connectivity index (χ4v) is 5.34. The topological polar surface area (TPSA) is 108 Å². The van der Waals surface area contributed by atoms with Crippen LogP contribution in [-0.4, -0.2) is 42.6 Å². The van der Waals surface area contributed by atoms with E-state index in [1.54, 1.807) is 12.1 Å². The molecule has 3 heterocycles. The molecule has 10 heteroatoms. The predicted octanol–water partition coefficient (Wildman–Crippen LogP) is 1.05. The highest BCUT2D eigenvalue weighted by Crippen LogP contribution is 2.37. The molecular formula is C19H21N5O4S. The molecule has 0 saturated carbocycles. The van der Waals surface area contributed by atoms with Crippen molar-refractivity contribution in [3.8, 4) is 0 Å². The fourth-order valence-electron chi connectivity index (χ4n) is 3.67. The van der Waals surface area contributed by atoms with Crippen LogP contribution >= 0.6 is 0 Å². The number of anilines is 2. The molecule has 0 spiro atoms. The van der Waals surface area contributed by atoms with Crippen LogP contribution in [-0.2, 0) is 17.1 Å². The average Bonchev–Trinajstić information content (AvgIpc) is 2.82. The number of aromatic nitrogens is 3. The van der Waals surface area contributed by atoms with Crippen molar-refractivity contribution < 1.29 is 8.42 Å². The molecule has 1 aliphatic heterocycles. The highest BCUT2D eigenvalue weighted by atomic mass is 32.2. The van der Waals surface area contributed by atoms with Crippen LogP contribution in [0.2, 0.25) is 0 Å². The Morgan fingerprint density at radius 3 is 2.55 bits per heavy atom. The maximum atomic E-state index is 13.6. The number of hydrogen-bond acceptors (Lipinski definition) is 6. The van der Waals surface area contributed by atoms with Gasteiger partial charge in [-0.25, -0.2) is 18.2 Å². The van der Waals surface area contributed by atoms with E-state index in [4.69, 9.17) is 0 Å². The number of para-hydroxylation sites is 2. The lowest BCUT2D eigenvalue weighted by atomic mass is 10.2. The van der Waals surface area contributed by atoms with Crippen molar-refractivity contribution in [3.05, 3.63) is 57.4 Å². The first kappa shape index (κ1) is 19.2. The minimum atomic E-state index is -4.00. The van der Waals surface area contributed by atoms with Crippen LogP contribution in [0.3, 0.4) is 0 Å². The number of aromatic amines is 1. The zero-order valence-electron chi connectivity index (χ0n) is 16.3. The van der Waals surface area contributed by atoms with E-state index in [2.05, 4.69) is 9.97 Å². The number of hydrogen-bond donors (Lipinski definition) is 1. The van der Waals surface area contributed by atoms with Gasteiger partial charge in [-0.2, -0.15) is 0 Å². The molecule has 0 fully saturated rings. The average molecular weight is 415 g/mol. The first-order valence-corrected chi connectivity index (χ1v) is 10.6. The molecule has 29 heavy (non-hydrogen) atoms. The standard InChI is InChI=1S/C19H21N5O4S/c1-12-8-9-22(2)15-6-4-5-7-16(15)24(12)29(27,28)13-10-14-17(20-11-13)23(3)19(26)21-18(14)25/h4-7,10-12H,8-9H2,1-3H3,(H,21,25,26). The van der Waals surface area contributed by atoms with Gasteiger partial charge in [-0.1, -0.05) is 12.1 Å². The third kappa shape index (κ3) is 3.00. The summed E-state index contributed by atoms with van der Waals surface area (Å²) < 4.78 is 29.8. The van der Waals surface area contributed by atoms with Gasteiger partial charge in [-0.05, 0) is 31.5 Å². The van der Waals surface area contributed by atoms with Gasteiger partial charge < -0.3 is 4.90 Å². The number of rotatable bonds is 2. The van der Waals surface area contributed by atoms with Crippen molar-refractivity contribution in [1.82, 2.24) is 14.5 Å². The maximum absolute atomic E-state index is 13.6. The molecule has 0 radical (unpaired) electrons. The Morgan fingerprint density at radius 2 is 1.83 bits per heavy atom. The van der Waals surface area contributed by atoms with E-state index in [-0.39, 0.29) is 22.0 Å². The highest BCUT2D eigenvalue weighted by molar-refractivity contribution is 7.92. The normalized spacial score (nSPS) is 17.3. The number of H-pyrrole nitrogens is 1. The van der Waals surface area contributed by atoms with E-state index in [0.29, 0.717) is 18.7 Å². The molecule has 1 aliphatic rings. The summed E-state index contributed by atoms with van der Waals surface area (Å²) in [6.45, 7) is 2.57. The summed E-state index contributed by atoms with van der Waals surface area (Å²) in [5.41, 5.74) is 0.242. The molecule has 4 rings (SSSR count). The molecule has 0 saturated heterocycles. The van der Waals surface area contributed by atoms with E-state index in [0.717, 1.165) is 5.69 Å². The van der Waals surface area contributed by atoms with E-state index >= 15 is 0 Å². The third-order valence-electron chi connectivity index (χ3n) is 5.30. The zero-order chi connectivity index (χ0) is 20.9. The minimum absolute atomic E-state index is 0.0426. The van der Waals surface area contributed by atoms with E-state index in [9.17, 15) is 18.0 Å². The summed E-state index contributed by atoms with van der Waals surface area (Å²) in [6, 6.07) is 8.31. The minimum Gasteiger partial charge on any atom is -0.373 e.